The molecular formula is C8H5ClN2O3. The van der Waals surface area contributed by atoms with E-state index in [0.717, 1.165) is 0 Å². The summed E-state index contributed by atoms with van der Waals surface area (Å²) in [5.41, 5.74) is -0.112. The van der Waals surface area contributed by atoms with Crippen LogP contribution in [0.15, 0.2) is 18.2 Å². The number of nitrogens with zero attached hydrogens (tertiary/aromatic N) is 2. The fraction of sp³-hybridized carbons (Fsp3) is 0.125. The molecule has 72 valence electrons. The summed E-state index contributed by atoms with van der Waals surface area (Å²) in [7, 11) is 0. The first-order valence-corrected chi connectivity index (χ1v) is 3.96. The summed E-state index contributed by atoms with van der Waals surface area (Å²) in [6.07, 6.45) is 0. The lowest BCUT2D eigenvalue weighted by Crippen LogP contribution is -1.95. The summed E-state index contributed by atoms with van der Waals surface area (Å²) < 4.78 is 4.91. The minimum Gasteiger partial charge on any atom is -0.477 e. The molecule has 0 aromatic heterocycles. The topological polar surface area (TPSA) is 76.2 Å². The minimum atomic E-state index is -0.556. The van der Waals surface area contributed by atoms with Crippen LogP contribution in [0.5, 0.6) is 5.75 Å². The van der Waals surface area contributed by atoms with Gasteiger partial charge in [-0.05, 0) is 6.07 Å². The predicted octanol–water partition coefficient (Wildman–Crippen LogP) is 2.15. The number of hydrogen-bond acceptors (Lipinski definition) is 4. The molecule has 0 heterocycles. The number of hydrogen-bond donors (Lipinski definition) is 0. The van der Waals surface area contributed by atoms with E-state index in [-0.39, 0.29) is 23.1 Å². The highest BCUT2D eigenvalue weighted by Gasteiger charge is 2.09. The molecule has 14 heavy (non-hydrogen) atoms. The molecule has 0 bridgehead atoms. The molecule has 0 amide bonds. The van der Waals surface area contributed by atoms with Crippen LogP contribution in [0.4, 0.5) is 5.69 Å². The maximum Gasteiger partial charge on any atom is 0.271 e. The van der Waals surface area contributed by atoms with Crippen molar-refractivity contribution in [2.45, 2.75) is 0 Å². The zero-order chi connectivity index (χ0) is 10.6. The Balaban J connectivity index is 2.91. The molecule has 0 unspecified atom stereocenters. The number of benzene rings is 1. The lowest BCUT2D eigenvalue weighted by Gasteiger charge is -2.02. The molecule has 5 nitrogen and oxygen atoms in total. The van der Waals surface area contributed by atoms with Crippen LogP contribution in [0, 0.1) is 21.4 Å². The lowest BCUT2D eigenvalue weighted by atomic mass is 10.3. The van der Waals surface area contributed by atoms with Crippen LogP contribution in [-0.2, 0) is 0 Å². The van der Waals surface area contributed by atoms with Crippen molar-refractivity contribution in [2.75, 3.05) is 6.61 Å². The van der Waals surface area contributed by atoms with Gasteiger partial charge in [-0.1, -0.05) is 11.6 Å². The zero-order valence-electron chi connectivity index (χ0n) is 6.94. The van der Waals surface area contributed by atoms with Gasteiger partial charge in [-0.25, -0.2) is 0 Å². The Kier molecular flexibility index (Phi) is 3.26. The molecular weight excluding hydrogens is 208 g/mol. The van der Waals surface area contributed by atoms with Gasteiger partial charge in [0.2, 0.25) is 0 Å². The standard InChI is InChI=1S/C8H5ClN2O3/c9-7-5-6(11(12)13)1-2-8(7)14-4-3-10/h1-2,5H,4H2. The smallest absolute Gasteiger partial charge is 0.271 e. The normalized spacial score (nSPS) is 9.14. The van der Waals surface area contributed by atoms with E-state index in [0.29, 0.717) is 0 Å². The number of non-ortho nitro benzene ring substituents is 1. The Labute approximate surface area is 84.6 Å². The third kappa shape index (κ3) is 2.34. The molecule has 1 rings (SSSR count). The molecule has 0 fully saturated rings. The second kappa shape index (κ2) is 4.44. The first-order chi connectivity index (χ1) is 6.65. The lowest BCUT2D eigenvalue weighted by molar-refractivity contribution is -0.384. The van der Waals surface area contributed by atoms with Crippen molar-refractivity contribution in [1.29, 1.82) is 5.26 Å². The van der Waals surface area contributed by atoms with Crippen molar-refractivity contribution in [2.24, 2.45) is 0 Å². The van der Waals surface area contributed by atoms with E-state index in [4.69, 9.17) is 21.6 Å². The number of nitriles is 1. The quantitative estimate of drug-likeness (QED) is 0.568. The van der Waals surface area contributed by atoms with Gasteiger partial charge < -0.3 is 4.74 Å². The molecule has 0 N–H and O–H groups in total. The molecule has 1 aromatic rings. The third-order valence-corrected chi connectivity index (χ3v) is 1.71. The molecule has 0 atom stereocenters. The summed E-state index contributed by atoms with van der Waals surface area (Å²) in [5.74, 6) is 0.263. The number of rotatable bonds is 3. The Morgan fingerprint density at radius 2 is 2.36 bits per heavy atom. The van der Waals surface area contributed by atoms with Gasteiger partial charge in [0.15, 0.2) is 6.61 Å². The van der Waals surface area contributed by atoms with E-state index in [1.165, 1.54) is 18.2 Å². The maximum absolute atomic E-state index is 10.3. The third-order valence-electron chi connectivity index (χ3n) is 1.42. The van der Waals surface area contributed by atoms with E-state index in [9.17, 15) is 10.1 Å². The number of nitro groups is 1. The summed E-state index contributed by atoms with van der Waals surface area (Å²) in [6.45, 7) is -0.141. The highest BCUT2D eigenvalue weighted by molar-refractivity contribution is 6.32. The molecule has 6 heteroatoms. The van der Waals surface area contributed by atoms with Crippen molar-refractivity contribution in [3.8, 4) is 11.8 Å². The van der Waals surface area contributed by atoms with Gasteiger partial charge in [-0.15, -0.1) is 0 Å². The second-order valence-electron chi connectivity index (χ2n) is 2.32. The first kappa shape index (κ1) is 10.3. The van der Waals surface area contributed by atoms with E-state index in [1.807, 2.05) is 0 Å². The van der Waals surface area contributed by atoms with E-state index in [2.05, 4.69) is 0 Å². The van der Waals surface area contributed by atoms with Gasteiger partial charge in [0.1, 0.15) is 11.8 Å². The SMILES string of the molecule is N#CCOc1ccc([N+](=O)[O-])cc1Cl. The number of ether oxygens (including phenoxy) is 1. The Bertz CT molecular complexity index is 400. The molecule has 0 aliphatic heterocycles. The largest absolute Gasteiger partial charge is 0.477 e. The van der Waals surface area contributed by atoms with E-state index in [1.54, 1.807) is 6.07 Å². The van der Waals surface area contributed by atoms with Crippen LogP contribution in [0.3, 0.4) is 0 Å². The van der Waals surface area contributed by atoms with Crippen LogP contribution >= 0.6 is 11.6 Å². The molecule has 0 spiro atoms. The highest BCUT2D eigenvalue weighted by Crippen LogP contribution is 2.28. The van der Waals surface area contributed by atoms with Crippen molar-refractivity contribution >= 4 is 17.3 Å². The van der Waals surface area contributed by atoms with Crippen LogP contribution < -0.4 is 4.74 Å². The first-order valence-electron chi connectivity index (χ1n) is 3.59. The van der Waals surface area contributed by atoms with Gasteiger partial charge in [-0.2, -0.15) is 5.26 Å². The average molecular weight is 213 g/mol. The van der Waals surface area contributed by atoms with Crippen molar-refractivity contribution in [1.82, 2.24) is 0 Å². The van der Waals surface area contributed by atoms with Gasteiger partial charge in [-0.3, -0.25) is 10.1 Å². The highest BCUT2D eigenvalue weighted by atomic mass is 35.5. The van der Waals surface area contributed by atoms with Crippen LogP contribution in [0.25, 0.3) is 0 Å². The van der Waals surface area contributed by atoms with Crippen molar-refractivity contribution in [3.63, 3.8) is 0 Å². The predicted molar refractivity (Wildman–Crippen MR) is 49.2 cm³/mol. The molecule has 1 aromatic carbocycles. The molecule has 0 saturated heterocycles. The van der Waals surface area contributed by atoms with Gasteiger partial charge in [0.25, 0.3) is 5.69 Å². The minimum absolute atomic E-state index is 0.112. The molecule has 0 aliphatic rings. The average Bonchev–Trinajstić information content (AvgIpc) is 2.15. The van der Waals surface area contributed by atoms with Crippen LogP contribution in [-0.4, -0.2) is 11.5 Å². The van der Waals surface area contributed by atoms with Gasteiger partial charge >= 0.3 is 0 Å². The fourth-order valence-corrected chi connectivity index (χ4v) is 1.06. The van der Waals surface area contributed by atoms with Gasteiger partial charge in [0.05, 0.1) is 9.95 Å². The Hall–Kier alpha value is -1.80. The molecule has 0 saturated carbocycles. The summed E-state index contributed by atoms with van der Waals surface area (Å²) in [5, 5.41) is 18.7. The second-order valence-corrected chi connectivity index (χ2v) is 2.73. The summed E-state index contributed by atoms with van der Waals surface area (Å²) in [6, 6.07) is 5.56. The monoisotopic (exact) mass is 212 g/mol. The fourth-order valence-electron chi connectivity index (χ4n) is 0.830. The number of halogens is 1. The van der Waals surface area contributed by atoms with E-state index < -0.39 is 4.92 Å². The summed E-state index contributed by atoms with van der Waals surface area (Å²) in [4.78, 5) is 9.78. The van der Waals surface area contributed by atoms with Crippen molar-refractivity contribution < 1.29 is 9.66 Å². The van der Waals surface area contributed by atoms with Crippen molar-refractivity contribution in [3.05, 3.63) is 33.3 Å². The molecule has 0 aliphatic carbocycles. The van der Waals surface area contributed by atoms with Crippen LogP contribution in [0.1, 0.15) is 0 Å². The van der Waals surface area contributed by atoms with Gasteiger partial charge in [0, 0.05) is 12.1 Å². The van der Waals surface area contributed by atoms with Crippen LogP contribution in [0.2, 0.25) is 5.02 Å². The summed E-state index contributed by atoms with van der Waals surface area (Å²) >= 11 is 5.67. The zero-order valence-corrected chi connectivity index (χ0v) is 7.69. The Morgan fingerprint density at radius 1 is 1.64 bits per heavy atom. The maximum atomic E-state index is 10.3. The molecule has 0 radical (unpaired) electrons. The Morgan fingerprint density at radius 3 is 2.86 bits per heavy atom. The number of nitro benzene ring substituents is 1. The van der Waals surface area contributed by atoms with E-state index >= 15 is 0 Å².